The molecule has 140 valence electrons. The van der Waals surface area contributed by atoms with E-state index in [-0.39, 0.29) is 0 Å². The van der Waals surface area contributed by atoms with Gasteiger partial charge in [0.25, 0.3) is 0 Å². The SMILES string of the molecule is Cc1c(CNC2CCCCC2)c(C(=O)[O-])c(C)n1Cc1cccc(Cl)c1. The van der Waals surface area contributed by atoms with E-state index < -0.39 is 5.97 Å². The Morgan fingerprint density at radius 2 is 1.96 bits per heavy atom. The van der Waals surface area contributed by atoms with Crippen molar-refractivity contribution >= 4 is 17.6 Å². The van der Waals surface area contributed by atoms with Crippen LogP contribution in [0.15, 0.2) is 24.3 Å². The minimum Gasteiger partial charge on any atom is -0.545 e. The standard InChI is InChI=1S/C21H27ClN2O2/c1-14-19(12-23-18-9-4-3-5-10-18)20(21(25)26)15(2)24(14)13-16-7-6-8-17(22)11-16/h6-8,11,18,23H,3-5,9-10,12-13H2,1-2H3,(H,25,26)/p-1. The molecule has 4 nitrogen and oxygen atoms in total. The number of carbonyl (C=O) groups excluding carboxylic acids is 1. The molecule has 1 aliphatic carbocycles. The van der Waals surface area contributed by atoms with Crippen molar-refractivity contribution in [2.45, 2.75) is 65.1 Å². The predicted molar refractivity (Wildman–Crippen MR) is 103 cm³/mol. The van der Waals surface area contributed by atoms with Crippen molar-refractivity contribution in [3.63, 3.8) is 0 Å². The Morgan fingerprint density at radius 1 is 1.23 bits per heavy atom. The smallest absolute Gasteiger partial charge is 0.0736 e. The molecule has 0 amide bonds. The van der Waals surface area contributed by atoms with Crippen LogP contribution in [0.3, 0.4) is 0 Å². The molecule has 0 bridgehead atoms. The lowest BCUT2D eigenvalue weighted by Crippen LogP contribution is -2.32. The van der Waals surface area contributed by atoms with Gasteiger partial charge in [0.1, 0.15) is 0 Å². The van der Waals surface area contributed by atoms with E-state index >= 15 is 0 Å². The van der Waals surface area contributed by atoms with Crippen molar-refractivity contribution in [3.05, 3.63) is 57.4 Å². The first-order chi connectivity index (χ1) is 12.5. The second-order valence-corrected chi connectivity index (χ2v) is 7.68. The maximum atomic E-state index is 11.8. The highest BCUT2D eigenvalue weighted by Crippen LogP contribution is 2.25. The van der Waals surface area contributed by atoms with Gasteiger partial charge in [0.05, 0.1) is 5.97 Å². The van der Waals surface area contributed by atoms with Gasteiger partial charge in [0.2, 0.25) is 0 Å². The van der Waals surface area contributed by atoms with E-state index in [0.717, 1.165) is 22.5 Å². The minimum absolute atomic E-state index is 0.327. The zero-order valence-electron chi connectivity index (χ0n) is 15.5. The van der Waals surface area contributed by atoms with E-state index in [2.05, 4.69) is 9.88 Å². The van der Waals surface area contributed by atoms with E-state index in [9.17, 15) is 9.90 Å². The van der Waals surface area contributed by atoms with E-state index in [0.29, 0.717) is 29.7 Å². The molecule has 1 N–H and O–H groups in total. The molecule has 1 aromatic carbocycles. The number of halogens is 1. The molecule has 0 aliphatic heterocycles. The van der Waals surface area contributed by atoms with Crippen molar-refractivity contribution in [1.82, 2.24) is 9.88 Å². The molecule has 1 aromatic heterocycles. The maximum absolute atomic E-state index is 11.8. The Hall–Kier alpha value is -1.78. The quantitative estimate of drug-likeness (QED) is 0.841. The number of aromatic nitrogens is 1. The summed E-state index contributed by atoms with van der Waals surface area (Å²) in [5, 5.41) is 16.0. The number of aromatic carboxylic acids is 1. The third-order valence-corrected chi connectivity index (χ3v) is 5.75. The lowest BCUT2D eigenvalue weighted by molar-refractivity contribution is -0.255. The molecule has 0 spiro atoms. The molecule has 3 rings (SSSR count). The predicted octanol–water partition coefficient (Wildman–Crippen LogP) is 3.59. The maximum Gasteiger partial charge on any atom is 0.0736 e. The van der Waals surface area contributed by atoms with Crippen LogP contribution in [0.2, 0.25) is 5.02 Å². The third kappa shape index (κ3) is 4.13. The Kier molecular flexibility index (Phi) is 6.05. The lowest BCUT2D eigenvalue weighted by Gasteiger charge is -2.23. The van der Waals surface area contributed by atoms with Crippen molar-refractivity contribution in [2.75, 3.05) is 0 Å². The van der Waals surface area contributed by atoms with Gasteiger partial charge in [-0.2, -0.15) is 0 Å². The molecule has 2 aromatic rings. The fourth-order valence-corrected chi connectivity index (χ4v) is 4.26. The van der Waals surface area contributed by atoms with E-state index in [1.165, 1.54) is 32.1 Å². The molecular weight excluding hydrogens is 348 g/mol. The first-order valence-corrected chi connectivity index (χ1v) is 9.73. The van der Waals surface area contributed by atoms with Gasteiger partial charge in [-0.3, -0.25) is 0 Å². The molecule has 1 saturated carbocycles. The van der Waals surface area contributed by atoms with Crippen LogP contribution in [0.1, 0.15) is 65.0 Å². The molecule has 1 aliphatic rings. The first-order valence-electron chi connectivity index (χ1n) is 9.35. The Balaban J connectivity index is 1.87. The number of carboxylic acid groups (broad SMARTS) is 1. The zero-order valence-corrected chi connectivity index (χ0v) is 16.2. The van der Waals surface area contributed by atoms with Crippen molar-refractivity contribution in [2.24, 2.45) is 0 Å². The highest BCUT2D eigenvalue weighted by atomic mass is 35.5. The third-order valence-electron chi connectivity index (χ3n) is 5.52. The van der Waals surface area contributed by atoms with E-state index in [4.69, 9.17) is 11.6 Å². The van der Waals surface area contributed by atoms with Crippen LogP contribution < -0.4 is 10.4 Å². The van der Waals surface area contributed by atoms with Crippen LogP contribution >= 0.6 is 11.6 Å². The summed E-state index contributed by atoms with van der Waals surface area (Å²) in [5.74, 6) is -1.10. The van der Waals surface area contributed by atoms with Gasteiger partial charge in [0, 0.05) is 41.1 Å². The molecule has 0 saturated heterocycles. The highest BCUT2D eigenvalue weighted by molar-refractivity contribution is 6.30. The fourth-order valence-electron chi connectivity index (χ4n) is 4.04. The summed E-state index contributed by atoms with van der Waals surface area (Å²) >= 11 is 6.09. The number of hydrogen-bond acceptors (Lipinski definition) is 3. The van der Waals surface area contributed by atoms with Gasteiger partial charge < -0.3 is 19.8 Å². The summed E-state index contributed by atoms with van der Waals surface area (Å²) in [6.45, 7) is 5.01. The van der Waals surface area contributed by atoms with Gasteiger partial charge in [-0.1, -0.05) is 43.0 Å². The lowest BCUT2D eigenvalue weighted by atomic mass is 9.95. The summed E-state index contributed by atoms with van der Waals surface area (Å²) < 4.78 is 2.05. The number of benzene rings is 1. The van der Waals surface area contributed by atoms with Crippen LogP contribution in [-0.4, -0.2) is 16.6 Å². The molecule has 1 fully saturated rings. The Labute approximate surface area is 160 Å². The number of nitrogens with zero attached hydrogens (tertiary/aromatic N) is 1. The van der Waals surface area contributed by atoms with Crippen LogP contribution in [0.5, 0.6) is 0 Å². The number of rotatable bonds is 6. The molecule has 0 unspecified atom stereocenters. The average molecular weight is 374 g/mol. The second-order valence-electron chi connectivity index (χ2n) is 7.24. The minimum atomic E-state index is -1.10. The molecule has 0 radical (unpaired) electrons. The van der Waals surface area contributed by atoms with Crippen LogP contribution in [-0.2, 0) is 13.1 Å². The van der Waals surface area contributed by atoms with E-state index in [1.54, 1.807) is 0 Å². The first kappa shape index (κ1) is 19.0. The van der Waals surface area contributed by atoms with Crippen molar-refractivity contribution in [3.8, 4) is 0 Å². The summed E-state index contributed by atoms with van der Waals surface area (Å²) in [6.07, 6.45) is 6.14. The van der Waals surface area contributed by atoms with Gasteiger partial charge in [-0.25, -0.2) is 0 Å². The fraction of sp³-hybridized carbons (Fsp3) is 0.476. The second kappa shape index (κ2) is 8.28. The molecule has 1 heterocycles. The zero-order chi connectivity index (χ0) is 18.7. The molecule has 5 heteroatoms. The van der Waals surface area contributed by atoms with Crippen LogP contribution in [0.4, 0.5) is 0 Å². The highest BCUT2D eigenvalue weighted by Gasteiger charge is 2.20. The largest absolute Gasteiger partial charge is 0.545 e. The summed E-state index contributed by atoms with van der Waals surface area (Å²) in [5.41, 5.74) is 3.94. The summed E-state index contributed by atoms with van der Waals surface area (Å²) in [4.78, 5) is 11.8. The molecule has 0 atom stereocenters. The van der Waals surface area contributed by atoms with Gasteiger partial charge in [-0.05, 0) is 49.9 Å². The van der Waals surface area contributed by atoms with Gasteiger partial charge in [0.15, 0.2) is 0 Å². The number of carboxylic acids is 1. The van der Waals surface area contributed by atoms with Crippen molar-refractivity contribution < 1.29 is 9.90 Å². The number of nitrogens with one attached hydrogen (secondary N) is 1. The number of hydrogen-bond donors (Lipinski definition) is 1. The van der Waals surface area contributed by atoms with E-state index in [1.807, 2.05) is 38.1 Å². The van der Waals surface area contributed by atoms with Crippen LogP contribution in [0.25, 0.3) is 0 Å². The molecular formula is C21H26ClN2O2-. The topological polar surface area (TPSA) is 57.1 Å². The van der Waals surface area contributed by atoms with Gasteiger partial charge in [-0.15, -0.1) is 0 Å². The summed E-state index contributed by atoms with van der Waals surface area (Å²) in [7, 11) is 0. The van der Waals surface area contributed by atoms with Crippen LogP contribution in [0, 0.1) is 13.8 Å². The summed E-state index contributed by atoms with van der Waals surface area (Å²) in [6, 6.07) is 8.15. The van der Waals surface area contributed by atoms with Crippen molar-refractivity contribution in [1.29, 1.82) is 0 Å². The Morgan fingerprint density at radius 3 is 2.62 bits per heavy atom. The van der Waals surface area contributed by atoms with Gasteiger partial charge >= 0.3 is 0 Å². The normalized spacial score (nSPS) is 15.3. The number of carbonyl (C=O) groups is 1. The monoisotopic (exact) mass is 373 g/mol. The average Bonchev–Trinajstić information content (AvgIpc) is 2.85. The molecule has 26 heavy (non-hydrogen) atoms. The Bertz CT molecular complexity index is 792.